The quantitative estimate of drug-likeness (QED) is 0.768. The number of aliphatic carboxylic acids is 1. The van der Waals surface area contributed by atoms with Crippen LogP contribution in [0.15, 0.2) is 36.4 Å². The summed E-state index contributed by atoms with van der Waals surface area (Å²) in [4.78, 5) is 23.6. The van der Waals surface area contributed by atoms with Gasteiger partial charge in [0.1, 0.15) is 17.5 Å². The van der Waals surface area contributed by atoms with Gasteiger partial charge < -0.3 is 10.4 Å². The van der Waals surface area contributed by atoms with Crippen LogP contribution in [0.3, 0.4) is 0 Å². The predicted octanol–water partition coefficient (Wildman–Crippen LogP) is 4.19. The van der Waals surface area contributed by atoms with E-state index in [4.69, 9.17) is 16.7 Å². The molecule has 1 fully saturated rings. The molecule has 1 aliphatic carbocycles. The molecule has 0 heterocycles. The van der Waals surface area contributed by atoms with E-state index in [1.54, 1.807) is 0 Å². The third-order valence-electron chi connectivity index (χ3n) is 4.53. The lowest BCUT2D eigenvalue weighted by Crippen LogP contribution is -2.31. The molecule has 1 saturated carbocycles. The van der Waals surface area contributed by atoms with E-state index in [2.05, 4.69) is 5.32 Å². The number of hydrogen-bond acceptors (Lipinski definition) is 2. The summed E-state index contributed by atoms with van der Waals surface area (Å²) in [6.45, 7) is 0. The van der Waals surface area contributed by atoms with Gasteiger partial charge in [-0.3, -0.25) is 9.59 Å². The van der Waals surface area contributed by atoms with Crippen LogP contribution >= 0.6 is 11.6 Å². The smallest absolute Gasteiger partial charge is 0.305 e. The molecule has 0 saturated heterocycles. The number of carboxylic acids is 1. The Bertz CT molecular complexity index is 906. The zero-order chi connectivity index (χ0) is 19.7. The molecule has 2 aromatic rings. The van der Waals surface area contributed by atoms with Crippen molar-refractivity contribution < 1.29 is 27.9 Å². The standard InChI is InChI=1S/C19H15ClF3NO3/c20-14-4-1-9(5-16(14)23)17(8-18(25)26)24-19(27)13-7-12(13)11-3-2-10(21)6-15(11)22/h1-6,12-13,17H,7-8H2,(H,24,27)(H,25,26). The van der Waals surface area contributed by atoms with Crippen LogP contribution in [0.25, 0.3) is 0 Å². The Balaban J connectivity index is 1.73. The lowest BCUT2D eigenvalue weighted by molar-refractivity contribution is -0.137. The summed E-state index contributed by atoms with van der Waals surface area (Å²) in [5.74, 6) is -4.76. The van der Waals surface area contributed by atoms with Gasteiger partial charge in [0, 0.05) is 12.0 Å². The van der Waals surface area contributed by atoms with Crippen LogP contribution in [-0.2, 0) is 9.59 Å². The summed E-state index contributed by atoms with van der Waals surface area (Å²) in [5.41, 5.74) is 0.502. The molecule has 0 aliphatic heterocycles. The third-order valence-corrected chi connectivity index (χ3v) is 4.84. The Morgan fingerprint density at radius 2 is 1.89 bits per heavy atom. The van der Waals surface area contributed by atoms with E-state index in [0.29, 0.717) is 6.42 Å². The first-order valence-electron chi connectivity index (χ1n) is 8.18. The molecule has 4 nitrogen and oxygen atoms in total. The van der Waals surface area contributed by atoms with Crippen LogP contribution in [0.4, 0.5) is 13.2 Å². The van der Waals surface area contributed by atoms with Gasteiger partial charge in [-0.2, -0.15) is 0 Å². The number of carboxylic acid groups (broad SMARTS) is 1. The fourth-order valence-electron chi connectivity index (χ4n) is 3.07. The molecule has 8 heteroatoms. The second-order valence-corrected chi connectivity index (χ2v) is 6.85. The molecule has 0 bridgehead atoms. The van der Waals surface area contributed by atoms with Crippen molar-refractivity contribution >= 4 is 23.5 Å². The minimum Gasteiger partial charge on any atom is -0.481 e. The minimum absolute atomic E-state index is 0.117. The van der Waals surface area contributed by atoms with E-state index in [1.807, 2.05) is 0 Å². The molecular formula is C19H15ClF3NO3. The Morgan fingerprint density at radius 3 is 2.52 bits per heavy atom. The van der Waals surface area contributed by atoms with E-state index in [0.717, 1.165) is 18.2 Å². The van der Waals surface area contributed by atoms with Crippen LogP contribution in [0.1, 0.15) is 35.9 Å². The molecule has 1 aliphatic rings. The van der Waals surface area contributed by atoms with Crippen LogP contribution in [0.5, 0.6) is 0 Å². The molecule has 3 atom stereocenters. The maximum Gasteiger partial charge on any atom is 0.305 e. The average molecular weight is 398 g/mol. The van der Waals surface area contributed by atoms with Crippen LogP contribution in [-0.4, -0.2) is 17.0 Å². The lowest BCUT2D eigenvalue weighted by Gasteiger charge is -2.18. The van der Waals surface area contributed by atoms with Crippen LogP contribution in [0, 0.1) is 23.4 Å². The van der Waals surface area contributed by atoms with Gasteiger partial charge in [-0.15, -0.1) is 0 Å². The van der Waals surface area contributed by atoms with E-state index in [9.17, 15) is 22.8 Å². The van der Waals surface area contributed by atoms with Gasteiger partial charge in [0.05, 0.1) is 17.5 Å². The van der Waals surface area contributed by atoms with Crippen molar-refractivity contribution in [3.05, 3.63) is 70.0 Å². The highest BCUT2D eigenvalue weighted by atomic mass is 35.5. The SMILES string of the molecule is O=C(O)CC(NC(=O)C1CC1c1ccc(F)cc1F)c1ccc(Cl)c(F)c1. The number of nitrogens with one attached hydrogen (secondary N) is 1. The van der Waals surface area contributed by atoms with Gasteiger partial charge >= 0.3 is 5.97 Å². The van der Waals surface area contributed by atoms with Crippen molar-refractivity contribution in [2.24, 2.45) is 5.92 Å². The van der Waals surface area contributed by atoms with E-state index >= 15 is 0 Å². The zero-order valence-electron chi connectivity index (χ0n) is 13.9. The summed E-state index contributed by atoms with van der Waals surface area (Å²) >= 11 is 5.63. The third kappa shape index (κ3) is 4.42. The van der Waals surface area contributed by atoms with Gasteiger partial charge in [0.2, 0.25) is 5.91 Å². The number of rotatable bonds is 6. The Hall–Kier alpha value is -2.54. The molecule has 0 radical (unpaired) electrons. The first kappa shape index (κ1) is 19.2. The molecule has 1 amide bonds. The average Bonchev–Trinajstić information content (AvgIpc) is 3.37. The normalized spacial score (nSPS) is 19.4. The van der Waals surface area contributed by atoms with Crippen molar-refractivity contribution in [1.82, 2.24) is 5.32 Å². The highest BCUT2D eigenvalue weighted by Crippen LogP contribution is 2.48. The number of hydrogen-bond donors (Lipinski definition) is 2. The van der Waals surface area contributed by atoms with Gasteiger partial charge in [0.25, 0.3) is 0 Å². The maximum absolute atomic E-state index is 13.9. The second kappa shape index (κ2) is 7.60. The zero-order valence-corrected chi connectivity index (χ0v) is 14.6. The van der Waals surface area contributed by atoms with Crippen molar-refractivity contribution in [3.8, 4) is 0 Å². The van der Waals surface area contributed by atoms with E-state index in [-0.39, 0.29) is 16.1 Å². The Labute approximate surface area is 158 Å². The molecule has 142 valence electrons. The molecule has 2 aromatic carbocycles. The van der Waals surface area contributed by atoms with Crippen LogP contribution < -0.4 is 5.32 Å². The monoisotopic (exact) mass is 397 g/mol. The topological polar surface area (TPSA) is 66.4 Å². The number of amides is 1. The first-order chi connectivity index (χ1) is 12.8. The number of carbonyl (C=O) groups is 2. The lowest BCUT2D eigenvalue weighted by atomic mass is 10.0. The highest BCUT2D eigenvalue weighted by Gasteiger charge is 2.45. The number of carbonyl (C=O) groups excluding carboxylic acids is 1. The summed E-state index contributed by atoms with van der Waals surface area (Å²) in [7, 11) is 0. The fraction of sp³-hybridized carbons (Fsp3) is 0.263. The van der Waals surface area contributed by atoms with E-state index < -0.39 is 53.6 Å². The van der Waals surface area contributed by atoms with Crippen molar-refractivity contribution in [3.63, 3.8) is 0 Å². The molecular weight excluding hydrogens is 383 g/mol. The van der Waals surface area contributed by atoms with Gasteiger partial charge in [-0.25, -0.2) is 13.2 Å². The Kier molecular flexibility index (Phi) is 5.41. The van der Waals surface area contributed by atoms with E-state index in [1.165, 1.54) is 18.2 Å². The summed E-state index contributed by atoms with van der Waals surface area (Å²) in [5, 5.41) is 11.5. The first-order valence-corrected chi connectivity index (χ1v) is 8.56. The van der Waals surface area contributed by atoms with Crippen molar-refractivity contribution in [2.45, 2.75) is 24.8 Å². The van der Waals surface area contributed by atoms with Gasteiger partial charge in [-0.1, -0.05) is 23.7 Å². The number of halogens is 4. The van der Waals surface area contributed by atoms with Gasteiger partial charge in [0.15, 0.2) is 0 Å². The highest BCUT2D eigenvalue weighted by molar-refractivity contribution is 6.30. The van der Waals surface area contributed by atoms with Crippen molar-refractivity contribution in [2.75, 3.05) is 0 Å². The molecule has 3 unspecified atom stereocenters. The Morgan fingerprint density at radius 1 is 1.15 bits per heavy atom. The van der Waals surface area contributed by atoms with Crippen molar-refractivity contribution in [1.29, 1.82) is 0 Å². The van der Waals surface area contributed by atoms with Gasteiger partial charge in [-0.05, 0) is 41.7 Å². The largest absolute Gasteiger partial charge is 0.481 e. The number of benzene rings is 2. The summed E-state index contributed by atoms with van der Waals surface area (Å²) in [6, 6.07) is 6.00. The molecule has 27 heavy (non-hydrogen) atoms. The minimum atomic E-state index is -1.17. The fourth-order valence-corrected chi connectivity index (χ4v) is 3.18. The predicted molar refractivity (Wildman–Crippen MR) is 91.8 cm³/mol. The molecule has 0 aromatic heterocycles. The summed E-state index contributed by atoms with van der Waals surface area (Å²) in [6.07, 6.45) is -0.0851. The van der Waals surface area contributed by atoms with Crippen LogP contribution in [0.2, 0.25) is 5.02 Å². The summed E-state index contributed by atoms with van der Waals surface area (Å²) < 4.78 is 40.6. The molecule has 0 spiro atoms. The second-order valence-electron chi connectivity index (χ2n) is 6.45. The molecule has 2 N–H and O–H groups in total. The molecule has 3 rings (SSSR count). The maximum atomic E-state index is 13.9.